The van der Waals surface area contributed by atoms with E-state index in [1.165, 1.54) is 0 Å². The first-order valence-electron chi connectivity index (χ1n) is 12.8. The van der Waals surface area contributed by atoms with Crippen LogP contribution >= 0.6 is 0 Å². The molecule has 0 saturated heterocycles. The number of aromatic amines is 1. The number of nitriles is 1. The minimum Gasteiger partial charge on any atom is -0.479 e. The quantitative estimate of drug-likeness (QED) is 0.333. The van der Waals surface area contributed by atoms with Crippen molar-refractivity contribution in [3.05, 3.63) is 51.3 Å². The summed E-state index contributed by atoms with van der Waals surface area (Å²) in [6.07, 6.45) is 3.10. The van der Waals surface area contributed by atoms with Crippen molar-refractivity contribution in [3.63, 3.8) is 0 Å². The van der Waals surface area contributed by atoms with Crippen LogP contribution in [-0.4, -0.2) is 42.5 Å². The van der Waals surface area contributed by atoms with E-state index in [0.717, 1.165) is 18.5 Å². The van der Waals surface area contributed by atoms with Gasteiger partial charge in [0.2, 0.25) is 0 Å². The molecule has 2 aliphatic rings. The standard InChI is InChI=1S/C24H24N10O2/c1-11-6-12(8-25)19-22(29-11)31-20(24(36-19)4-5-24)18-14(10-28-34(18)3)15-7-13-16(9-26)32-33-23(35)17(13)21(27-2)30-15/h6-7,10,20H,4-5,9,26H2,1-3H3,(H,27,30)(H,29,31)(H,33,35)/i2D3. The molecule has 1 atom stereocenters. The van der Waals surface area contributed by atoms with E-state index < -0.39 is 24.2 Å². The molecule has 6 rings (SSSR count). The second-order valence-electron chi connectivity index (χ2n) is 9.02. The zero-order valence-electron chi connectivity index (χ0n) is 22.5. The summed E-state index contributed by atoms with van der Waals surface area (Å²) in [7, 11) is 1.79. The van der Waals surface area contributed by atoms with Gasteiger partial charge in [0, 0.05) is 41.3 Å². The highest BCUT2D eigenvalue weighted by Crippen LogP contribution is 2.56. The summed E-state index contributed by atoms with van der Waals surface area (Å²) in [4.78, 5) is 21.9. The second-order valence-corrected chi connectivity index (χ2v) is 9.02. The van der Waals surface area contributed by atoms with E-state index >= 15 is 0 Å². The van der Waals surface area contributed by atoms with Gasteiger partial charge in [0.1, 0.15) is 23.5 Å². The predicted octanol–water partition coefficient (Wildman–Crippen LogP) is 1.87. The van der Waals surface area contributed by atoms with Gasteiger partial charge in [0.05, 0.1) is 34.2 Å². The van der Waals surface area contributed by atoms with Gasteiger partial charge in [-0.3, -0.25) is 9.48 Å². The van der Waals surface area contributed by atoms with Gasteiger partial charge in [-0.15, -0.1) is 0 Å². The molecule has 0 aromatic carbocycles. The van der Waals surface area contributed by atoms with Gasteiger partial charge in [0.15, 0.2) is 11.6 Å². The molecule has 1 unspecified atom stereocenters. The maximum absolute atomic E-state index is 12.7. The van der Waals surface area contributed by atoms with Crippen LogP contribution in [0.2, 0.25) is 0 Å². The van der Waals surface area contributed by atoms with E-state index in [1.54, 1.807) is 37.0 Å². The third-order valence-corrected chi connectivity index (χ3v) is 6.77. The molecule has 12 heteroatoms. The molecule has 182 valence electrons. The predicted molar refractivity (Wildman–Crippen MR) is 132 cm³/mol. The smallest absolute Gasteiger partial charge is 0.275 e. The number of nitrogens with zero attached hydrogens (tertiary/aromatic N) is 6. The molecule has 4 aromatic rings. The average Bonchev–Trinajstić information content (AvgIpc) is 3.54. The molecule has 1 spiro atoms. The molecule has 0 amide bonds. The van der Waals surface area contributed by atoms with Crippen LogP contribution in [0.4, 0.5) is 11.6 Å². The number of hydrogen-bond donors (Lipinski definition) is 4. The third kappa shape index (κ3) is 3.13. The van der Waals surface area contributed by atoms with Gasteiger partial charge in [0.25, 0.3) is 5.56 Å². The lowest BCUT2D eigenvalue weighted by atomic mass is 9.96. The molecule has 12 nitrogen and oxygen atoms in total. The minimum atomic E-state index is -2.61. The summed E-state index contributed by atoms with van der Waals surface area (Å²) in [6.45, 7) is -0.802. The number of anilines is 2. The third-order valence-electron chi connectivity index (χ3n) is 6.77. The van der Waals surface area contributed by atoms with Crippen molar-refractivity contribution in [2.75, 3.05) is 17.6 Å². The summed E-state index contributed by atoms with van der Waals surface area (Å²) in [5.74, 6) is 0.760. The monoisotopic (exact) mass is 487 g/mol. The maximum Gasteiger partial charge on any atom is 0.275 e. The Balaban J connectivity index is 1.55. The number of fused-ring (bicyclic) bond motifs is 2. The van der Waals surface area contributed by atoms with Crippen molar-refractivity contribution in [3.8, 4) is 23.1 Å². The maximum atomic E-state index is 12.7. The van der Waals surface area contributed by atoms with Gasteiger partial charge in [-0.2, -0.15) is 15.5 Å². The Labute approximate surface area is 209 Å². The number of nitrogens with two attached hydrogens (primary N) is 1. The zero-order chi connectivity index (χ0) is 27.7. The molecule has 1 aliphatic carbocycles. The fraction of sp³-hybridized carbons (Fsp3) is 0.333. The highest BCUT2D eigenvalue weighted by Gasteiger charge is 2.57. The van der Waals surface area contributed by atoms with Crippen LogP contribution in [0.15, 0.2) is 23.1 Å². The lowest BCUT2D eigenvalue weighted by molar-refractivity contribution is 0.140. The highest BCUT2D eigenvalue weighted by molar-refractivity contribution is 5.95. The van der Waals surface area contributed by atoms with Gasteiger partial charge in [-0.05, 0) is 31.9 Å². The average molecular weight is 488 g/mol. The fourth-order valence-corrected chi connectivity index (χ4v) is 4.92. The molecule has 1 aliphatic heterocycles. The van der Waals surface area contributed by atoms with Crippen molar-refractivity contribution >= 4 is 22.4 Å². The first-order chi connectivity index (χ1) is 18.5. The number of pyridine rings is 2. The Hall–Kier alpha value is -4.50. The summed E-state index contributed by atoms with van der Waals surface area (Å²) >= 11 is 0. The van der Waals surface area contributed by atoms with Crippen LogP contribution < -0.4 is 26.7 Å². The Kier molecular flexibility index (Phi) is 4.05. The van der Waals surface area contributed by atoms with Crippen molar-refractivity contribution < 1.29 is 8.85 Å². The Bertz CT molecular complexity index is 1750. The molecule has 4 aromatic heterocycles. The van der Waals surface area contributed by atoms with Gasteiger partial charge in [-0.25, -0.2) is 15.1 Å². The van der Waals surface area contributed by atoms with Crippen LogP contribution in [0.3, 0.4) is 0 Å². The van der Waals surface area contributed by atoms with Crippen molar-refractivity contribution in [1.29, 1.82) is 5.26 Å². The normalized spacial score (nSPS) is 18.8. The van der Waals surface area contributed by atoms with E-state index in [0.29, 0.717) is 45.2 Å². The number of H-pyrrole nitrogens is 1. The van der Waals surface area contributed by atoms with Gasteiger partial charge < -0.3 is 21.1 Å². The topological polar surface area (TPSA) is 172 Å². The van der Waals surface area contributed by atoms with Gasteiger partial charge in [-0.1, -0.05) is 0 Å². The number of rotatable bonds is 4. The summed E-state index contributed by atoms with van der Waals surface area (Å²) < 4.78 is 31.3. The number of nitrogens with one attached hydrogen (secondary N) is 3. The highest BCUT2D eigenvalue weighted by atomic mass is 16.5. The van der Waals surface area contributed by atoms with E-state index in [4.69, 9.17) is 14.6 Å². The van der Waals surface area contributed by atoms with E-state index in [2.05, 4.69) is 42.0 Å². The second kappa shape index (κ2) is 7.76. The van der Waals surface area contributed by atoms with Gasteiger partial charge >= 0.3 is 0 Å². The van der Waals surface area contributed by atoms with Crippen LogP contribution in [-0.2, 0) is 13.6 Å². The number of ether oxygens (including phenoxy) is 1. The van der Waals surface area contributed by atoms with Crippen LogP contribution in [0.25, 0.3) is 22.0 Å². The molecule has 5 N–H and O–H groups in total. The lowest BCUT2D eigenvalue weighted by Gasteiger charge is -2.36. The summed E-state index contributed by atoms with van der Waals surface area (Å²) in [5, 5.41) is 26.8. The molecule has 1 fully saturated rings. The van der Waals surface area contributed by atoms with Crippen LogP contribution in [0.1, 0.15) is 45.6 Å². The van der Waals surface area contributed by atoms with Crippen LogP contribution in [0.5, 0.6) is 5.75 Å². The first kappa shape index (κ1) is 18.8. The van der Waals surface area contributed by atoms with Crippen molar-refractivity contribution in [1.82, 2.24) is 29.9 Å². The Morgan fingerprint density at radius 1 is 1.42 bits per heavy atom. The number of aryl methyl sites for hydroxylation is 2. The lowest BCUT2D eigenvalue weighted by Crippen LogP contribution is -2.39. The van der Waals surface area contributed by atoms with E-state index in [-0.39, 0.29) is 17.7 Å². The fourth-order valence-electron chi connectivity index (χ4n) is 4.92. The summed E-state index contributed by atoms with van der Waals surface area (Å²) in [6, 6.07) is 5.14. The zero-order valence-corrected chi connectivity index (χ0v) is 19.5. The number of hydrogen-bond acceptors (Lipinski definition) is 10. The SMILES string of the molecule is [2H]C([2H])([2H])Nc1nc(-c2cnn(C)c2C2Nc3nc(C)cc(C#N)c3OC23CC3)cc2c(CN)n[nH]c(=O)c12. The largest absolute Gasteiger partial charge is 0.479 e. The minimum absolute atomic E-state index is 0.00794. The Morgan fingerprint density at radius 2 is 2.25 bits per heavy atom. The molecular formula is C24H24N10O2. The molecule has 0 radical (unpaired) electrons. The van der Waals surface area contributed by atoms with Crippen molar-refractivity contribution in [2.24, 2.45) is 12.8 Å². The van der Waals surface area contributed by atoms with Crippen molar-refractivity contribution in [2.45, 2.75) is 38.0 Å². The Morgan fingerprint density at radius 3 is 2.97 bits per heavy atom. The molecule has 5 heterocycles. The molecule has 36 heavy (non-hydrogen) atoms. The number of aromatic nitrogens is 6. The van der Waals surface area contributed by atoms with E-state index in [1.807, 2.05) is 0 Å². The van der Waals surface area contributed by atoms with E-state index in [9.17, 15) is 10.1 Å². The summed E-state index contributed by atoms with van der Waals surface area (Å²) in [5.41, 5.74) is 7.82. The molecule has 0 bridgehead atoms. The molecular weight excluding hydrogens is 460 g/mol. The van der Waals surface area contributed by atoms with Crippen LogP contribution in [0, 0.1) is 18.3 Å². The first-order valence-corrected chi connectivity index (χ1v) is 11.3. The molecule has 1 saturated carbocycles.